The third-order valence-corrected chi connectivity index (χ3v) is 9.13. The number of halogens is 1. The fourth-order valence-electron chi connectivity index (χ4n) is 6.69. The van der Waals surface area contributed by atoms with Crippen LogP contribution in [0.5, 0.6) is 5.75 Å². The van der Waals surface area contributed by atoms with E-state index in [4.69, 9.17) is 16.3 Å². The third-order valence-electron chi connectivity index (χ3n) is 8.88. The van der Waals surface area contributed by atoms with E-state index >= 15 is 0 Å². The lowest BCUT2D eigenvalue weighted by atomic mass is 9.74. The first kappa shape index (κ1) is 26.5. The van der Waals surface area contributed by atoms with Crippen LogP contribution in [0.15, 0.2) is 42.5 Å². The van der Waals surface area contributed by atoms with Crippen LogP contribution in [0.25, 0.3) is 0 Å². The van der Waals surface area contributed by atoms with Gasteiger partial charge in [0, 0.05) is 42.8 Å². The number of likely N-dealkylation sites (tertiary alicyclic amines) is 2. The molecule has 2 fully saturated rings. The SMILES string of the molecule is COc1ccc2c(c1)CCN(C)C21CCN(C(=O)[C@@H](Cc2ccc(Cl)cc2)NC2CCCN(C)C2)CC1. The molecule has 1 amide bonds. The Bertz CT molecular complexity index is 1080. The fourth-order valence-corrected chi connectivity index (χ4v) is 6.82. The van der Waals surface area contributed by atoms with Crippen molar-refractivity contribution in [3.05, 3.63) is 64.2 Å². The minimum atomic E-state index is -0.229. The molecule has 1 N–H and O–H groups in total. The summed E-state index contributed by atoms with van der Waals surface area (Å²) in [5.41, 5.74) is 3.93. The van der Waals surface area contributed by atoms with E-state index in [-0.39, 0.29) is 17.5 Å². The first-order valence-corrected chi connectivity index (χ1v) is 14.1. The Morgan fingerprint density at radius 3 is 2.57 bits per heavy atom. The van der Waals surface area contributed by atoms with E-state index in [9.17, 15) is 4.79 Å². The second kappa shape index (κ2) is 11.3. The van der Waals surface area contributed by atoms with Gasteiger partial charge in [-0.25, -0.2) is 0 Å². The highest BCUT2D eigenvalue weighted by Crippen LogP contribution is 2.43. The van der Waals surface area contributed by atoms with Gasteiger partial charge in [0.2, 0.25) is 5.91 Å². The van der Waals surface area contributed by atoms with Crippen LogP contribution in [-0.4, -0.2) is 86.6 Å². The lowest BCUT2D eigenvalue weighted by molar-refractivity contribution is -0.136. The first-order valence-electron chi connectivity index (χ1n) is 13.7. The van der Waals surface area contributed by atoms with Crippen LogP contribution in [0.3, 0.4) is 0 Å². The molecule has 7 heteroatoms. The molecule has 1 spiro atoms. The van der Waals surface area contributed by atoms with E-state index in [1.54, 1.807) is 7.11 Å². The lowest BCUT2D eigenvalue weighted by Gasteiger charge is -2.51. The topological polar surface area (TPSA) is 48.1 Å². The number of amides is 1. The van der Waals surface area contributed by atoms with Crippen LogP contribution < -0.4 is 10.1 Å². The van der Waals surface area contributed by atoms with E-state index in [0.29, 0.717) is 12.5 Å². The first-order chi connectivity index (χ1) is 17.9. The number of rotatable bonds is 6. The van der Waals surface area contributed by atoms with Gasteiger partial charge in [0.15, 0.2) is 0 Å². The van der Waals surface area contributed by atoms with Gasteiger partial charge in [-0.3, -0.25) is 9.69 Å². The number of fused-ring (bicyclic) bond motifs is 2. The average molecular weight is 525 g/mol. The molecule has 2 saturated heterocycles. The predicted molar refractivity (Wildman–Crippen MR) is 149 cm³/mol. The zero-order valence-corrected chi connectivity index (χ0v) is 23.3. The molecule has 6 nitrogen and oxygen atoms in total. The summed E-state index contributed by atoms with van der Waals surface area (Å²) < 4.78 is 5.50. The van der Waals surface area contributed by atoms with Crippen molar-refractivity contribution in [1.29, 1.82) is 0 Å². The van der Waals surface area contributed by atoms with Gasteiger partial charge in [0.1, 0.15) is 5.75 Å². The molecule has 0 radical (unpaired) electrons. The number of carbonyl (C=O) groups excluding carboxylic acids is 1. The Balaban J connectivity index is 1.32. The Morgan fingerprint density at radius 2 is 1.86 bits per heavy atom. The summed E-state index contributed by atoms with van der Waals surface area (Å²) in [6.07, 6.45) is 5.90. The molecular formula is C30H41ClN4O2. The highest BCUT2D eigenvalue weighted by atomic mass is 35.5. The average Bonchev–Trinajstić information content (AvgIpc) is 2.91. The Hall–Kier alpha value is -2.12. The second-order valence-corrected chi connectivity index (χ2v) is 11.6. The smallest absolute Gasteiger partial charge is 0.240 e. The highest BCUT2D eigenvalue weighted by molar-refractivity contribution is 6.30. The predicted octanol–water partition coefficient (Wildman–Crippen LogP) is 3.95. The van der Waals surface area contributed by atoms with Crippen molar-refractivity contribution < 1.29 is 9.53 Å². The number of ether oxygens (including phenoxy) is 1. The molecule has 3 heterocycles. The molecule has 0 aliphatic carbocycles. The van der Waals surface area contributed by atoms with Gasteiger partial charge in [-0.05, 0) is 100 Å². The number of nitrogens with zero attached hydrogens (tertiary/aromatic N) is 3. The van der Waals surface area contributed by atoms with Gasteiger partial charge in [-0.2, -0.15) is 0 Å². The molecular weight excluding hydrogens is 484 g/mol. The van der Waals surface area contributed by atoms with Crippen molar-refractivity contribution in [2.24, 2.45) is 0 Å². The number of hydrogen-bond donors (Lipinski definition) is 1. The molecule has 2 aromatic rings. The van der Waals surface area contributed by atoms with Crippen LogP contribution in [-0.2, 0) is 23.2 Å². The summed E-state index contributed by atoms with van der Waals surface area (Å²) in [6, 6.07) is 14.6. The summed E-state index contributed by atoms with van der Waals surface area (Å²) in [6.45, 7) is 4.70. The summed E-state index contributed by atoms with van der Waals surface area (Å²) >= 11 is 6.13. The highest BCUT2D eigenvalue weighted by Gasteiger charge is 2.44. The van der Waals surface area contributed by atoms with E-state index in [1.807, 2.05) is 24.3 Å². The quantitative estimate of drug-likeness (QED) is 0.620. The maximum absolute atomic E-state index is 14.0. The maximum Gasteiger partial charge on any atom is 0.240 e. The normalized spacial score (nSPS) is 23.0. The van der Waals surface area contributed by atoms with E-state index in [0.717, 1.165) is 74.7 Å². The Kier molecular flexibility index (Phi) is 8.10. The number of hydrogen-bond acceptors (Lipinski definition) is 5. The van der Waals surface area contributed by atoms with Crippen molar-refractivity contribution in [2.75, 3.05) is 53.9 Å². The summed E-state index contributed by atoms with van der Waals surface area (Å²) in [5, 5.41) is 4.49. The molecule has 200 valence electrons. The van der Waals surface area contributed by atoms with Crippen molar-refractivity contribution in [3.63, 3.8) is 0 Å². The Morgan fingerprint density at radius 1 is 1.11 bits per heavy atom. The molecule has 0 saturated carbocycles. The van der Waals surface area contributed by atoms with Gasteiger partial charge in [-0.15, -0.1) is 0 Å². The van der Waals surface area contributed by atoms with Crippen molar-refractivity contribution in [1.82, 2.24) is 20.0 Å². The molecule has 2 atom stereocenters. The van der Waals surface area contributed by atoms with Gasteiger partial charge < -0.3 is 19.9 Å². The van der Waals surface area contributed by atoms with Gasteiger partial charge >= 0.3 is 0 Å². The van der Waals surface area contributed by atoms with Gasteiger partial charge in [0.25, 0.3) is 0 Å². The lowest BCUT2D eigenvalue weighted by Crippen LogP contribution is -2.59. The number of methoxy groups -OCH3 is 1. The van der Waals surface area contributed by atoms with Crippen molar-refractivity contribution >= 4 is 17.5 Å². The molecule has 0 aromatic heterocycles. The number of nitrogens with one attached hydrogen (secondary N) is 1. The van der Waals surface area contributed by atoms with E-state index in [1.165, 1.54) is 17.5 Å². The van der Waals surface area contributed by atoms with E-state index in [2.05, 4.69) is 52.3 Å². The molecule has 2 aromatic carbocycles. The van der Waals surface area contributed by atoms with Gasteiger partial charge in [0.05, 0.1) is 13.2 Å². The Labute approximate surface area is 226 Å². The summed E-state index contributed by atoms with van der Waals surface area (Å²) in [7, 11) is 6.15. The van der Waals surface area contributed by atoms with Crippen LogP contribution in [0, 0.1) is 0 Å². The fraction of sp³-hybridized carbons (Fsp3) is 0.567. The largest absolute Gasteiger partial charge is 0.497 e. The number of piperidine rings is 2. The van der Waals surface area contributed by atoms with Crippen molar-refractivity contribution in [2.45, 2.75) is 56.1 Å². The minimum absolute atomic E-state index is 0.0121. The van der Waals surface area contributed by atoms with E-state index < -0.39 is 0 Å². The molecule has 37 heavy (non-hydrogen) atoms. The number of benzene rings is 2. The van der Waals surface area contributed by atoms with Crippen LogP contribution in [0.4, 0.5) is 0 Å². The molecule has 3 aliphatic heterocycles. The standard InChI is InChI=1S/C30H41ClN4O2/c1-33-15-4-5-25(21-33)32-28(19-22-6-8-24(31)9-7-22)29(36)35-17-13-30(14-18-35)27-11-10-26(37-3)20-23(27)12-16-34(30)2/h6-11,20,25,28,32H,4-5,12-19,21H2,1-3H3/t25?,28-/m1/s1. The molecule has 5 rings (SSSR count). The molecule has 0 bridgehead atoms. The van der Waals surface area contributed by atoms with Crippen LogP contribution in [0.1, 0.15) is 42.4 Å². The minimum Gasteiger partial charge on any atom is -0.497 e. The number of carbonyl (C=O) groups is 1. The summed E-state index contributed by atoms with van der Waals surface area (Å²) in [4.78, 5) is 21.0. The second-order valence-electron chi connectivity index (χ2n) is 11.2. The monoisotopic (exact) mass is 524 g/mol. The summed E-state index contributed by atoms with van der Waals surface area (Å²) in [5.74, 6) is 1.15. The van der Waals surface area contributed by atoms with Crippen molar-refractivity contribution in [3.8, 4) is 5.75 Å². The molecule has 3 aliphatic rings. The van der Waals surface area contributed by atoms with Crippen LogP contribution >= 0.6 is 11.6 Å². The molecule has 1 unspecified atom stereocenters. The number of likely N-dealkylation sites (N-methyl/N-ethyl adjacent to an activating group) is 2. The van der Waals surface area contributed by atoms with Gasteiger partial charge in [-0.1, -0.05) is 29.8 Å². The third kappa shape index (κ3) is 5.68. The van der Waals surface area contributed by atoms with Crippen LogP contribution in [0.2, 0.25) is 5.02 Å². The zero-order chi connectivity index (χ0) is 26.0. The maximum atomic E-state index is 14.0. The zero-order valence-electron chi connectivity index (χ0n) is 22.5.